The van der Waals surface area contributed by atoms with Crippen LogP contribution in [0.2, 0.25) is 10.0 Å². The Bertz CT molecular complexity index is 7540. The normalized spacial score (nSPS) is 13.3. The van der Waals surface area contributed by atoms with Crippen molar-refractivity contribution in [3.63, 3.8) is 0 Å². The minimum Gasteiger partial charge on any atom is -0.455 e. The summed E-state index contributed by atoms with van der Waals surface area (Å²) in [5.74, 6) is 3.73. The Morgan fingerprint density at radius 3 is 1.01 bits per heavy atom. The second-order valence-electron chi connectivity index (χ2n) is 33.6. The molecule has 23 rings (SSSR count). The van der Waals surface area contributed by atoms with Crippen molar-refractivity contribution in [3.8, 4) is 146 Å². The first-order valence-corrected chi connectivity index (χ1v) is 42.5. The number of rotatable bonds is 11. The molecule has 0 saturated carbocycles. The highest BCUT2D eigenvalue weighted by atomic mass is 35.5. The molecule has 0 aliphatic heterocycles. The van der Waals surface area contributed by atoms with E-state index >= 15 is 0 Å². The molecule has 20 aromatic rings. The molecule has 10 nitrogen and oxygen atoms in total. The van der Waals surface area contributed by atoms with Gasteiger partial charge in [-0.2, -0.15) is 0 Å². The molecule has 3 aliphatic carbocycles. The maximum atomic E-state index is 9.54. The van der Waals surface area contributed by atoms with Crippen molar-refractivity contribution in [2.45, 2.75) is 57.8 Å². The summed E-state index contributed by atoms with van der Waals surface area (Å²) in [5.41, 5.74) is 32.7. The topological polar surface area (TPSA) is 144 Å². The summed E-state index contributed by atoms with van der Waals surface area (Å²) in [4.78, 5) is 29.7. The van der Waals surface area contributed by atoms with Gasteiger partial charge in [0, 0.05) is 81.8 Å². The molecule has 16 aromatic carbocycles. The van der Waals surface area contributed by atoms with Gasteiger partial charge in [-0.3, -0.25) is 0 Å². The van der Waals surface area contributed by atoms with E-state index in [1.54, 1.807) is 12.1 Å². The summed E-state index contributed by atoms with van der Waals surface area (Å²) in [5, 5.41) is 24.1. The second kappa shape index (κ2) is 30.7. The number of hydrogen-bond acceptors (Lipinski definition) is 10. The molecule has 2 N–H and O–H groups in total. The molecule has 3 aliphatic rings. The molecule has 0 radical (unpaired) electrons. The SMILES string of the molecule is CC1(C)c2ccccc2-c2c(-c3cc(-c4cccc5c4-c4ccccc4C5(C)C)c4oc5cccc(-c6cccc(-c7nc(-c8ccccc8)nc(-c8ccccc8)n7)c6)c5c4c3)cccc21.CC1(C)c2ccccc2-c2c(B(O)O)cccc21.Clc1cc(Cl)c2oc3cccc(-c4cccc(-c5nc(-c6ccccc6)nc(-c6ccccc6)n5)c4)c3c2c1. The van der Waals surface area contributed by atoms with Gasteiger partial charge in [-0.1, -0.05) is 374 Å². The Morgan fingerprint density at radius 1 is 0.250 bits per heavy atom. The molecule has 4 heterocycles. The molecular formula is C111H79BCl2N6O4. The number of furan rings is 2. The largest absolute Gasteiger partial charge is 0.489 e. The number of halogens is 2. The van der Waals surface area contributed by atoms with Crippen LogP contribution in [0.25, 0.3) is 190 Å². The van der Waals surface area contributed by atoms with Crippen LogP contribution in [0.5, 0.6) is 0 Å². The van der Waals surface area contributed by atoms with E-state index in [9.17, 15) is 10.0 Å². The highest BCUT2D eigenvalue weighted by Crippen LogP contribution is 2.57. The summed E-state index contributed by atoms with van der Waals surface area (Å²) in [6, 6.07) is 123. The molecule has 0 bridgehead atoms. The Balaban J connectivity index is 0.000000138. The quantitative estimate of drug-likeness (QED) is 0.120. The minimum atomic E-state index is -1.43. The lowest BCUT2D eigenvalue weighted by molar-refractivity contribution is 0.426. The molecule has 594 valence electrons. The van der Waals surface area contributed by atoms with Gasteiger partial charge in [0.15, 0.2) is 40.5 Å². The van der Waals surface area contributed by atoms with E-state index in [1.165, 1.54) is 61.2 Å². The lowest BCUT2D eigenvalue weighted by Crippen LogP contribution is -2.32. The van der Waals surface area contributed by atoms with Crippen LogP contribution < -0.4 is 5.46 Å². The average molecular weight is 1640 g/mol. The number of fused-ring (bicyclic) bond motifs is 15. The van der Waals surface area contributed by atoms with Crippen LogP contribution in [0.3, 0.4) is 0 Å². The monoisotopic (exact) mass is 1640 g/mol. The molecule has 13 heteroatoms. The fraction of sp³-hybridized carbons (Fsp3) is 0.0811. The highest BCUT2D eigenvalue weighted by molar-refractivity contribution is 6.60. The van der Waals surface area contributed by atoms with Gasteiger partial charge < -0.3 is 18.9 Å². The third-order valence-corrected chi connectivity index (χ3v) is 25.6. The third kappa shape index (κ3) is 13.2. The molecule has 0 unspecified atom stereocenters. The average Bonchev–Trinajstić information content (AvgIpc) is 1.55. The van der Waals surface area contributed by atoms with E-state index in [0.29, 0.717) is 56.0 Å². The fourth-order valence-electron chi connectivity index (χ4n) is 19.1. The van der Waals surface area contributed by atoms with Gasteiger partial charge in [0.05, 0.1) is 5.02 Å². The van der Waals surface area contributed by atoms with Crippen LogP contribution in [0.4, 0.5) is 0 Å². The van der Waals surface area contributed by atoms with Crippen LogP contribution in [-0.4, -0.2) is 47.1 Å². The van der Waals surface area contributed by atoms with Crippen molar-refractivity contribution in [2.24, 2.45) is 0 Å². The van der Waals surface area contributed by atoms with Crippen molar-refractivity contribution in [2.75, 3.05) is 0 Å². The Hall–Kier alpha value is -14.3. The lowest BCUT2D eigenvalue weighted by Gasteiger charge is -2.22. The summed E-state index contributed by atoms with van der Waals surface area (Å²) >= 11 is 12.8. The molecule has 0 fully saturated rings. The zero-order valence-electron chi connectivity index (χ0n) is 68.8. The molecule has 0 spiro atoms. The highest BCUT2D eigenvalue weighted by Gasteiger charge is 2.41. The van der Waals surface area contributed by atoms with E-state index < -0.39 is 7.12 Å². The van der Waals surface area contributed by atoms with Crippen molar-refractivity contribution in [1.82, 2.24) is 29.9 Å². The van der Waals surface area contributed by atoms with Crippen molar-refractivity contribution in [3.05, 3.63) is 401 Å². The molecule has 0 atom stereocenters. The first-order chi connectivity index (χ1) is 60.4. The van der Waals surface area contributed by atoms with E-state index in [1.807, 2.05) is 170 Å². The van der Waals surface area contributed by atoms with Gasteiger partial charge in [-0.15, -0.1) is 0 Å². The van der Waals surface area contributed by atoms with Crippen molar-refractivity contribution in [1.29, 1.82) is 0 Å². The van der Waals surface area contributed by atoms with E-state index in [2.05, 4.69) is 217 Å². The Kier molecular flexibility index (Phi) is 19.1. The first kappa shape index (κ1) is 77.1. The first-order valence-electron chi connectivity index (χ1n) is 41.7. The maximum Gasteiger partial charge on any atom is 0.489 e. The molecule has 0 saturated heterocycles. The zero-order chi connectivity index (χ0) is 84.3. The maximum absolute atomic E-state index is 9.54. The van der Waals surface area contributed by atoms with Crippen molar-refractivity contribution >= 4 is 79.7 Å². The van der Waals surface area contributed by atoms with Gasteiger partial charge >= 0.3 is 7.12 Å². The van der Waals surface area contributed by atoms with Crippen LogP contribution in [-0.2, 0) is 16.2 Å². The summed E-state index contributed by atoms with van der Waals surface area (Å²) in [7, 11) is -1.43. The summed E-state index contributed by atoms with van der Waals surface area (Å²) in [6.07, 6.45) is 0. The smallest absolute Gasteiger partial charge is 0.455 e. The fourth-order valence-corrected chi connectivity index (χ4v) is 19.6. The standard InChI is InChI=1S/C63H45N3O.C33H19Cl2N3O.C15H15BO2/c1-62(2)50-30-13-11-25-46(50)55-44(27-16-32-52(55)62)42-36-48(45-29-17-33-53-56(45)47-26-12-14-31-51(47)63(53,3)4)58-49(37-42)57-43(28-18-34-54(57)67-58)40-23-15-24-41(35-40)61-65-59(38-19-7-5-8-20-38)64-60(66-61)39-21-9-6-10-22-39;34-24-18-26-29-25(15-8-16-28(29)39-30(26)27(35)19-24)22-13-7-14-23(17-22)33-37-31(20-9-3-1-4-10-20)36-32(38-33)21-11-5-2-6-12-21;1-15(2)11-7-4-3-6-10(11)14-12(15)8-5-9-13(14)16(17)18/h5-37H,1-4H3;1-19H;3-9,17-18H,1-2H3. The minimum absolute atomic E-state index is 0.0865. The van der Waals surface area contributed by atoms with Gasteiger partial charge in [-0.05, 0) is 160 Å². The van der Waals surface area contributed by atoms with E-state index in [4.69, 9.17) is 61.9 Å². The van der Waals surface area contributed by atoms with E-state index in [-0.39, 0.29) is 16.2 Å². The molecule has 124 heavy (non-hydrogen) atoms. The Labute approximate surface area is 728 Å². The predicted octanol–water partition coefficient (Wildman–Crippen LogP) is 27.8. The van der Waals surface area contributed by atoms with Crippen LogP contribution in [0, 0.1) is 0 Å². The van der Waals surface area contributed by atoms with Gasteiger partial charge in [0.2, 0.25) is 0 Å². The van der Waals surface area contributed by atoms with Crippen molar-refractivity contribution < 1.29 is 18.9 Å². The molecule has 0 amide bonds. The van der Waals surface area contributed by atoms with Crippen LogP contribution in [0.15, 0.2) is 367 Å². The number of hydrogen-bond donors (Lipinski definition) is 2. The second-order valence-corrected chi connectivity index (χ2v) is 34.4. The molecular weight excluding hydrogens is 1560 g/mol. The number of nitrogens with zero attached hydrogens (tertiary/aromatic N) is 6. The summed E-state index contributed by atoms with van der Waals surface area (Å²) < 4.78 is 13.3. The number of aromatic nitrogens is 6. The summed E-state index contributed by atoms with van der Waals surface area (Å²) in [6.45, 7) is 13.8. The van der Waals surface area contributed by atoms with Crippen LogP contribution >= 0.6 is 23.2 Å². The zero-order valence-corrected chi connectivity index (χ0v) is 70.3. The molecule has 4 aromatic heterocycles. The number of benzene rings is 16. The van der Waals surface area contributed by atoms with Gasteiger partial charge in [0.1, 0.15) is 16.7 Å². The van der Waals surface area contributed by atoms with Gasteiger partial charge in [0.25, 0.3) is 0 Å². The van der Waals surface area contributed by atoms with E-state index in [0.717, 1.165) is 122 Å². The predicted molar refractivity (Wildman–Crippen MR) is 508 cm³/mol. The van der Waals surface area contributed by atoms with Gasteiger partial charge in [-0.25, -0.2) is 29.9 Å². The lowest BCUT2D eigenvalue weighted by atomic mass is 9.74. The third-order valence-electron chi connectivity index (χ3n) is 25.1. The Morgan fingerprint density at radius 2 is 0.565 bits per heavy atom. The van der Waals surface area contributed by atoms with Crippen LogP contribution in [0.1, 0.15) is 74.9 Å².